The average Bonchev–Trinajstić information content (AvgIpc) is 2.75. The predicted molar refractivity (Wildman–Crippen MR) is 115 cm³/mol. The number of likely N-dealkylation sites (tertiary alicyclic amines) is 2. The summed E-state index contributed by atoms with van der Waals surface area (Å²) in [6, 6.07) is 9.24. The molecule has 0 N–H and O–H groups in total. The largest absolute Gasteiger partial charge is 0.369 e. The minimum atomic E-state index is 0.352. The molecule has 0 spiro atoms. The van der Waals surface area contributed by atoms with Crippen molar-refractivity contribution >= 4 is 11.6 Å². The highest BCUT2D eigenvalue weighted by Gasteiger charge is 2.30. The number of piperidine rings is 2. The van der Waals surface area contributed by atoms with Gasteiger partial charge in [-0.2, -0.15) is 0 Å². The number of carbonyl (C=O) groups excluding carboxylic acids is 1. The normalized spacial score (nSPS) is 25.1. The lowest BCUT2D eigenvalue weighted by Crippen LogP contribution is -2.56. The number of amides is 1. The molecule has 0 radical (unpaired) electrons. The van der Waals surface area contributed by atoms with Gasteiger partial charge in [0.05, 0.1) is 6.54 Å². The molecule has 3 fully saturated rings. The van der Waals surface area contributed by atoms with Gasteiger partial charge in [0.25, 0.3) is 0 Å². The van der Waals surface area contributed by atoms with Crippen LogP contribution < -0.4 is 4.90 Å². The summed E-state index contributed by atoms with van der Waals surface area (Å²) in [5.74, 6) is 0.352. The Bertz CT molecular complexity index is 650. The Kier molecular flexibility index (Phi) is 6.53. The fourth-order valence-electron chi connectivity index (χ4n) is 5.13. The molecule has 1 unspecified atom stereocenters. The summed E-state index contributed by atoms with van der Waals surface area (Å²) in [6.07, 6.45) is 6.21. The van der Waals surface area contributed by atoms with E-state index in [-0.39, 0.29) is 0 Å². The summed E-state index contributed by atoms with van der Waals surface area (Å²) in [6.45, 7) is 11.3. The van der Waals surface area contributed by atoms with Crippen LogP contribution in [0.3, 0.4) is 0 Å². The van der Waals surface area contributed by atoms with E-state index >= 15 is 0 Å². The second-order valence-corrected chi connectivity index (χ2v) is 8.78. The van der Waals surface area contributed by atoms with Gasteiger partial charge in [0.2, 0.25) is 5.91 Å². The summed E-state index contributed by atoms with van der Waals surface area (Å²) in [7, 11) is 0. The zero-order chi connectivity index (χ0) is 19.3. The van der Waals surface area contributed by atoms with E-state index in [4.69, 9.17) is 0 Å². The van der Waals surface area contributed by atoms with Crippen LogP contribution in [0, 0.1) is 6.92 Å². The van der Waals surface area contributed by atoms with Gasteiger partial charge in [0.1, 0.15) is 0 Å². The Balaban J connectivity index is 1.28. The number of benzene rings is 1. The van der Waals surface area contributed by atoms with E-state index in [9.17, 15) is 4.79 Å². The van der Waals surface area contributed by atoms with Gasteiger partial charge in [0, 0.05) is 51.0 Å². The topological polar surface area (TPSA) is 30.0 Å². The number of anilines is 1. The van der Waals surface area contributed by atoms with E-state index in [0.717, 1.165) is 58.8 Å². The Labute approximate surface area is 170 Å². The molecule has 5 nitrogen and oxygen atoms in total. The van der Waals surface area contributed by atoms with Crippen molar-refractivity contribution in [2.75, 3.05) is 63.8 Å². The molecule has 5 heteroatoms. The second-order valence-electron chi connectivity index (χ2n) is 8.78. The van der Waals surface area contributed by atoms with Crippen LogP contribution in [0.15, 0.2) is 24.3 Å². The summed E-state index contributed by atoms with van der Waals surface area (Å²) in [5, 5.41) is 0. The summed E-state index contributed by atoms with van der Waals surface area (Å²) in [4.78, 5) is 22.5. The van der Waals surface area contributed by atoms with Crippen LogP contribution in [0.1, 0.15) is 37.7 Å². The zero-order valence-corrected chi connectivity index (χ0v) is 17.5. The van der Waals surface area contributed by atoms with E-state index in [2.05, 4.69) is 50.8 Å². The van der Waals surface area contributed by atoms with Crippen LogP contribution in [0.2, 0.25) is 0 Å². The van der Waals surface area contributed by atoms with Gasteiger partial charge < -0.3 is 9.80 Å². The highest BCUT2D eigenvalue weighted by Crippen LogP contribution is 2.23. The van der Waals surface area contributed by atoms with Gasteiger partial charge in [-0.25, -0.2) is 0 Å². The van der Waals surface area contributed by atoms with Crippen molar-refractivity contribution in [3.8, 4) is 0 Å². The van der Waals surface area contributed by atoms with Gasteiger partial charge in [-0.1, -0.05) is 24.6 Å². The first-order valence-electron chi connectivity index (χ1n) is 11.3. The number of para-hydroxylation sites is 1. The smallest absolute Gasteiger partial charge is 0.236 e. The van der Waals surface area contributed by atoms with Crippen molar-refractivity contribution in [3.05, 3.63) is 29.8 Å². The van der Waals surface area contributed by atoms with Crippen LogP contribution in [-0.2, 0) is 4.79 Å². The zero-order valence-electron chi connectivity index (χ0n) is 17.5. The Hall–Kier alpha value is -1.59. The van der Waals surface area contributed by atoms with Gasteiger partial charge in [-0.3, -0.25) is 14.6 Å². The fourth-order valence-corrected chi connectivity index (χ4v) is 5.13. The maximum atomic E-state index is 12.8. The highest BCUT2D eigenvalue weighted by atomic mass is 16.2. The predicted octanol–water partition coefficient (Wildman–Crippen LogP) is 2.59. The standard InChI is InChI=1S/C23H36N4O/c1-20-8-3-4-10-22(20)26-16-14-25(15-17-26)21-9-7-13-27(18-21)23(28)19-24-11-5-2-6-12-24/h3-4,8,10,21H,2,5-7,9,11-19H2,1H3. The third-order valence-corrected chi connectivity index (χ3v) is 6.84. The molecule has 4 rings (SSSR count). The first-order chi connectivity index (χ1) is 13.7. The van der Waals surface area contributed by atoms with E-state index < -0.39 is 0 Å². The molecule has 154 valence electrons. The fraction of sp³-hybridized carbons (Fsp3) is 0.696. The summed E-state index contributed by atoms with van der Waals surface area (Å²) in [5.41, 5.74) is 2.74. The van der Waals surface area contributed by atoms with E-state index in [1.807, 2.05) is 0 Å². The molecule has 3 heterocycles. The Morgan fingerprint density at radius 1 is 0.929 bits per heavy atom. The molecule has 1 atom stereocenters. The molecule has 28 heavy (non-hydrogen) atoms. The second kappa shape index (κ2) is 9.27. The van der Waals surface area contributed by atoms with Crippen molar-refractivity contribution in [2.24, 2.45) is 0 Å². The van der Waals surface area contributed by atoms with Gasteiger partial charge in [-0.05, 0) is 57.3 Å². The SMILES string of the molecule is Cc1ccccc1N1CCN(C2CCCN(C(=O)CN3CCCCC3)C2)CC1. The first kappa shape index (κ1) is 19.7. The van der Waals surface area contributed by atoms with Crippen molar-refractivity contribution in [3.63, 3.8) is 0 Å². The minimum Gasteiger partial charge on any atom is -0.369 e. The highest BCUT2D eigenvalue weighted by molar-refractivity contribution is 5.78. The molecule has 0 aliphatic carbocycles. The van der Waals surface area contributed by atoms with Crippen molar-refractivity contribution in [2.45, 2.75) is 45.1 Å². The van der Waals surface area contributed by atoms with E-state index in [0.29, 0.717) is 18.5 Å². The van der Waals surface area contributed by atoms with Crippen LogP contribution in [-0.4, -0.2) is 85.6 Å². The molecule has 3 saturated heterocycles. The van der Waals surface area contributed by atoms with E-state index in [1.54, 1.807) is 0 Å². The van der Waals surface area contributed by atoms with Crippen molar-refractivity contribution in [1.29, 1.82) is 0 Å². The molecule has 1 aromatic rings. The van der Waals surface area contributed by atoms with Crippen LogP contribution in [0.4, 0.5) is 5.69 Å². The van der Waals surface area contributed by atoms with Gasteiger partial charge in [-0.15, -0.1) is 0 Å². The Morgan fingerprint density at radius 3 is 2.43 bits per heavy atom. The first-order valence-corrected chi connectivity index (χ1v) is 11.3. The quantitative estimate of drug-likeness (QED) is 0.798. The van der Waals surface area contributed by atoms with Gasteiger partial charge in [0.15, 0.2) is 0 Å². The number of hydrogen-bond donors (Lipinski definition) is 0. The van der Waals surface area contributed by atoms with Gasteiger partial charge >= 0.3 is 0 Å². The minimum absolute atomic E-state index is 0.352. The number of nitrogens with zero attached hydrogens (tertiary/aromatic N) is 4. The number of hydrogen-bond acceptors (Lipinski definition) is 4. The van der Waals surface area contributed by atoms with Crippen LogP contribution in [0.5, 0.6) is 0 Å². The molecule has 3 aliphatic rings. The van der Waals surface area contributed by atoms with Crippen molar-refractivity contribution in [1.82, 2.24) is 14.7 Å². The Morgan fingerprint density at radius 2 is 1.68 bits per heavy atom. The number of rotatable bonds is 4. The number of piperazine rings is 1. The molecule has 3 aliphatic heterocycles. The molecule has 0 bridgehead atoms. The third-order valence-electron chi connectivity index (χ3n) is 6.84. The number of carbonyl (C=O) groups is 1. The maximum absolute atomic E-state index is 12.8. The molecule has 0 aromatic heterocycles. The number of aryl methyl sites for hydroxylation is 1. The monoisotopic (exact) mass is 384 g/mol. The summed E-state index contributed by atoms with van der Waals surface area (Å²) < 4.78 is 0. The molecular weight excluding hydrogens is 348 g/mol. The van der Waals surface area contributed by atoms with Crippen LogP contribution >= 0.6 is 0 Å². The molecule has 1 aromatic carbocycles. The summed E-state index contributed by atoms with van der Waals surface area (Å²) >= 11 is 0. The molecule has 0 saturated carbocycles. The average molecular weight is 385 g/mol. The van der Waals surface area contributed by atoms with Crippen LogP contribution in [0.25, 0.3) is 0 Å². The molecule has 1 amide bonds. The van der Waals surface area contributed by atoms with Crippen molar-refractivity contribution < 1.29 is 4.79 Å². The lowest BCUT2D eigenvalue weighted by Gasteiger charge is -2.44. The van der Waals surface area contributed by atoms with E-state index in [1.165, 1.54) is 36.9 Å². The molecular formula is C23H36N4O. The lowest BCUT2D eigenvalue weighted by molar-refractivity contribution is -0.134. The third kappa shape index (κ3) is 4.69. The lowest BCUT2D eigenvalue weighted by atomic mass is 10.0. The maximum Gasteiger partial charge on any atom is 0.236 e.